The number of nitrogens with one attached hydrogen (secondary N) is 2. The third-order valence-corrected chi connectivity index (χ3v) is 5.50. The molecule has 1 saturated heterocycles. The molecule has 2 aliphatic rings. The fraction of sp³-hybridized carbons (Fsp3) is 0.667. The second-order valence-corrected chi connectivity index (χ2v) is 7.28. The van der Waals surface area contributed by atoms with Gasteiger partial charge in [-0.25, -0.2) is 15.0 Å². The van der Waals surface area contributed by atoms with Crippen LogP contribution in [0.1, 0.15) is 51.4 Å². The first-order valence-corrected chi connectivity index (χ1v) is 9.50. The zero-order chi connectivity index (χ0) is 17.1. The van der Waals surface area contributed by atoms with Crippen molar-refractivity contribution in [2.24, 2.45) is 5.92 Å². The van der Waals surface area contributed by atoms with Gasteiger partial charge in [0.2, 0.25) is 5.91 Å². The molecule has 1 saturated carbocycles. The molecule has 2 aromatic heterocycles. The summed E-state index contributed by atoms with van der Waals surface area (Å²) in [5.74, 6) is 1.10. The van der Waals surface area contributed by atoms with E-state index in [0.29, 0.717) is 18.2 Å². The lowest BCUT2D eigenvalue weighted by atomic mass is 9.96. The lowest BCUT2D eigenvalue weighted by Gasteiger charge is -2.33. The maximum atomic E-state index is 12.8. The normalized spacial score (nSPS) is 22.7. The van der Waals surface area contributed by atoms with Crippen molar-refractivity contribution in [2.75, 3.05) is 18.0 Å². The SMILES string of the molecule is O=C(NC1CCCCCC1)C1CCCN(c2ncnc3nc[nH]c23)C1. The number of hydrogen-bond acceptors (Lipinski definition) is 5. The summed E-state index contributed by atoms with van der Waals surface area (Å²) in [5, 5.41) is 3.31. The highest BCUT2D eigenvalue weighted by Gasteiger charge is 2.29. The first-order chi connectivity index (χ1) is 12.3. The number of aromatic amines is 1. The van der Waals surface area contributed by atoms with Crippen LogP contribution in [0.5, 0.6) is 0 Å². The summed E-state index contributed by atoms with van der Waals surface area (Å²) in [6.45, 7) is 1.63. The zero-order valence-electron chi connectivity index (χ0n) is 14.6. The molecule has 0 aromatic carbocycles. The Bertz CT molecular complexity index is 721. The number of carbonyl (C=O) groups excluding carboxylic acids is 1. The molecule has 25 heavy (non-hydrogen) atoms. The van der Waals surface area contributed by atoms with E-state index in [1.165, 1.54) is 25.7 Å². The lowest BCUT2D eigenvalue weighted by Crippen LogP contribution is -2.46. The van der Waals surface area contributed by atoms with Crippen molar-refractivity contribution in [3.8, 4) is 0 Å². The molecule has 7 nitrogen and oxygen atoms in total. The Kier molecular flexibility index (Phi) is 4.81. The van der Waals surface area contributed by atoms with Crippen molar-refractivity contribution in [1.82, 2.24) is 25.3 Å². The number of carbonyl (C=O) groups is 1. The van der Waals surface area contributed by atoms with Gasteiger partial charge in [-0.1, -0.05) is 25.7 Å². The molecule has 0 radical (unpaired) electrons. The zero-order valence-corrected chi connectivity index (χ0v) is 14.6. The van der Waals surface area contributed by atoms with Crippen molar-refractivity contribution < 1.29 is 4.79 Å². The van der Waals surface area contributed by atoms with Gasteiger partial charge in [0.15, 0.2) is 11.5 Å². The molecule has 1 unspecified atom stereocenters. The molecule has 0 spiro atoms. The van der Waals surface area contributed by atoms with Gasteiger partial charge < -0.3 is 15.2 Å². The number of imidazole rings is 1. The van der Waals surface area contributed by atoms with Crippen LogP contribution in [0.4, 0.5) is 5.82 Å². The number of piperidine rings is 1. The van der Waals surface area contributed by atoms with Gasteiger partial charge >= 0.3 is 0 Å². The fourth-order valence-corrected chi connectivity index (χ4v) is 4.12. The number of amides is 1. The first kappa shape index (κ1) is 16.3. The Balaban J connectivity index is 1.43. The topological polar surface area (TPSA) is 86.8 Å². The van der Waals surface area contributed by atoms with Crippen LogP contribution in [0.25, 0.3) is 11.2 Å². The number of aromatic nitrogens is 4. The molecule has 0 bridgehead atoms. The highest BCUT2D eigenvalue weighted by atomic mass is 16.2. The average molecular weight is 342 g/mol. The van der Waals surface area contributed by atoms with Gasteiger partial charge in [0, 0.05) is 19.1 Å². The molecular formula is C18H26N6O. The van der Waals surface area contributed by atoms with E-state index in [0.717, 1.165) is 43.6 Å². The van der Waals surface area contributed by atoms with E-state index in [4.69, 9.17) is 0 Å². The van der Waals surface area contributed by atoms with Crippen molar-refractivity contribution in [2.45, 2.75) is 57.4 Å². The second kappa shape index (κ2) is 7.37. The molecule has 3 heterocycles. The fourth-order valence-electron chi connectivity index (χ4n) is 4.12. The van der Waals surface area contributed by atoms with E-state index >= 15 is 0 Å². The van der Waals surface area contributed by atoms with Crippen LogP contribution in [0, 0.1) is 5.92 Å². The maximum absolute atomic E-state index is 12.8. The number of rotatable bonds is 3. The summed E-state index contributed by atoms with van der Waals surface area (Å²) in [6, 6.07) is 0.365. The summed E-state index contributed by atoms with van der Waals surface area (Å²) in [6.07, 6.45) is 12.5. The molecule has 1 aliphatic heterocycles. The number of H-pyrrole nitrogens is 1. The van der Waals surface area contributed by atoms with E-state index in [1.807, 2.05) is 0 Å². The van der Waals surface area contributed by atoms with Gasteiger partial charge in [0.25, 0.3) is 0 Å². The Labute approximate surface area is 147 Å². The van der Waals surface area contributed by atoms with E-state index < -0.39 is 0 Å². The van der Waals surface area contributed by atoms with Crippen LogP contribution in [0.2, 0.25) is 0 Å². The minimum Gasteiger partial charge on any atom is -0.354 e. The third-order valence-electron chi connectivity index (χ3n) is 5.50. The first-order valence-electron chi connectivity index (χ1n) is 9.50. The van der Waals surface area contributed by atoms with Crippen molar-refractivity contribution in [1.29, 1.82) is 0 Å². The van der Waals surface area contributed by atoms with E-state index in [-0.39, 0.29) is 11.8 Å². The van der Waals surface area contributed by atoms with Crippen LogP contribution < -0.4 is 10.2 Å². The smallest absolute Gasteiger partial charge is 0.225 e. The predicted molar refractivity (Wildman–Crippen MR) is 96.3 cm³/mol. The highest BCUT2D eigenvalue weighted by Crippen LogP contribution is 2.26. The second-order valence-electron chi connectivity index (χ2n) is 7.28. The van der Waals surface area contributed by atoms with Gasteiger partial charge in [-0.3, -0.25) is 4.79 Å². The Morgan fingerprint density at radius 3 is 2.76 bits per heavy atom. The van der Waals surface area contributed by atoms with Gasteiger partial charge in [0.05, 0.1) is 12.2 Å². The van der Waals surface area contributed by atoms with Crippen LogP contribution in [-0.4, -0.2) is 45.0 Å². The van der Waals surface area contributed by atoms with E-state index in [1.54, 1.807) is 12.7 Å². The average Bonchev–Trinajstić information content (AvgIpc) is 2.99. The van der Waals surface area contributed by atoms with Crippen molar-refractivity contribution >= 4 is 22.9 Å². The maximum Gasteiger partial charge on any atom is 0.225 e. The summed E-state index contributed by atoms with van der Waals surface area (Å²) < 4.78 is 0. The number of hydrogen-bond donors (Lipinski definition) is 2. The molecule has 2 N–H and O–H groups in total. The van der Waals surface area contributed by atoms with E-state index in [2.05, 4.69) is 30.2 Å². The van der Waals surface area contributed by atoms with Crippen molar-refractivity contribution in [3.05, 3.63) is 12.7 Å². The number of fused-ring (bicyclic) bond motifs is 1. The van der Waals surface area contributed by atoms with Crippen LogP contribution in [0.15, 0.2) is 12.7 Å². The monoisotopic (exact) mass is 342 g/mol. The minimum absolute atomic E-state index is 0.0324. The molecule has 2 aromatic rings. The molecule has 134 valence electrons. The molecule has 4 rings (SSSR count). The minimum atomic E-state index is 0.0324. The van der Waals surface area contributed by atoms with Gasteiger partial charge in [-0.2, -0.15) is 0 Å². The van der Waals surface area contributed by atoms with E-state index in [9.17, 15) is 4.79 Å². The summed E-state index contributed by atoms with van der Waals surface area (Å²) in [4.78, 5) is 30.9. The quantitative estimate of drug-likeness (QED) is 0.837. The molecule has 1 amide bonds. The summed E-state index contributed by atoms with van der Waals surface area (Å²) in [5.41, 5.74) is 1.53. The summed E-state index contributed by atoms with van der Waals surface area (Å²) >= 11 is 0. The van der Waals surface area contributed by atoms with Crippen LogP contribution in [-0.2, 0) is 4.79 Å². The van der Waals surface area contributed by atoms with Gasteiger partial charge in [0.1, 0.15) is 11.8 Å². The Morgan fingerprint density at radius 1 is 1.08 bits per heavy atom. The highest BCUT2D eigenvalue weighted by molar-refractivity contribution is 5.84. The molecule has 1 aliphatic carbocycles. The molecule has 1 atom stereocenters. The Morgan fingerprint density at radius 2 is 1.92 bits per heavy atom. The third kappa shape index (κ3) is 3.60. The molecular weight excluding hydrogens is 316 g/mol. The number of anilines is 1. The van der Waals surface area contributed by atoms with Crippen LogP contribution in [0.3, 0.4) is 0 Å². The predicted octanol–water partition coefficient (Wildman–Crippen LogP) is 2.41. The summed E-state index contributed by atoms with van der Waals surface area (Å²) in [7, 11) is 0. The van der Waals surface area contributed by atoms with Crippen molar-refractivity contribution in [3.63, 3.8) is 0 Å². The van der Waals surface area contributed by atoms with Crippen LogP contribution >= 0.6 is 0 Å². The van der Waals surface area contributed by atoms with Gasteiger partial charge in [-0.15, -0.1) is 0 Å². The molecule has 2 fully saturated rings. The largest absolute Gasteiger partial charge is 0.354 e. The Hall–Kier alpha value is -2.18. The standard InChI is InChI=1S/C18H26N6O/c25-18(23-14-7-3-1-2-4-8-14)13-6-5-9-24(10-13)17-15-16(20-11-19-15)21-12-22-17/h11-14H,1-10H2,(H,23,25)(H,19,20,21,22). The lowest BCUT2D eigenvalue weighted by molar-refractivity contribution is -0.126. The number of nitrogens with zero attached hydrogens (tertiary/aromatic N) is 4. The van der Waals surface area contributed by atoms with Gasteiger partial charge in [-0.05, 0) is 25.7 Å². The molecule has 7 heteroatoms.